The molecule has 1 saturated heterocycles. The third-order valence-electron chi connectivity index (χ3n) is 12.0. The van der Waals surface area contributed by atoms with E-state index in [1.54, 1.807) is 49.9 Å². The molecule has 0 aromatic carbocycles. The molecule has 2 rings (SSSR count). The summed E-state index contributed by atoms with van der Waals surface area (Å²) in [6, 6.07) is -0.723. The van der Waals surface area contributed by atoms with E-state index in [0.29, 0.717) is 45.1 Å². The number of ether oxygens (including phenoxy) is 7. The fourth-order valence-corrected chi connectivity index (χ4v) is 8.72. The van der Waals surface area contributed by atoms with Gasteiger partial charge in [0.1, 0.15) is 36.8 Å². The van der Waals surface area contributed by atoms with Crippen molar-refractivity contribution >= 4 is 24.9 Å². The second kappa shape index (κ2) is 30.9. The lowest BCUT2D eigenvalue weighted by Gasteiger charge is -2.42. The molecule has 1 aliphatic rings. The van der Waals surface area contributed by atoms with Gasteiger partial charge < -0.3 is 63.3 Å². The number of aryl methyl sites for hydroxylation is 2. The highest BCUT2D eigenvalue weighted by molar-refractivity contribution is 7.83. The maximum atomic E-state index is 13.9. The summed E-state index contributed by atoms with van der Waals surface area (Å²) in [5.41, 5.74) is 1.70. The number of carbonyl (C=O) groups excluding carboxylic acids is 2. The molecule has 0 spiro atoms. The van der Waals surface area contributed by atoms with E-state index in [4.69, 9.17) is 33.2 Å². The summed E-state index contributed by atoms with van der Waals surface area (Å²) in [5.74, 6) is -1.71. The number of aliphatic hydroxyl groups excluding tert-OH is 4. The van der Waals surface area contributed by atoms with Gasteiger partial charge >= 0.3 is 5.97 Å². The molecule has 18 heteroatoms. The SMILES string of the molecule is CCO[C@@H](O[C@@H]([C@@H](CCn1cc(CCCCO)nn1)C[C@@H](C)C=O)[C@@H](C)CCC(=O)O[C@H](CC)[C@H](/C=C(C)/C=C/S)COC1OC(C)C(O)C(OC)C1OC)C(O)C([C@@H](C)O)N(C)C. The number of esters is 1. The minimum atomic E-state index is -1.25. The highest BCUT2D eigenvalue weighted by atomic mass is 32.1. The Morgan fingerprint density at radius 3 is 2.38 bits per heavy atom. The van der Waals surface area contributed by atoms with Crippen molar-refractivity contribution in [2.75, 3.05) is 48.1 Å². The van der Waals surface area contributed by atoms with E-state index in [1.807, 2.05) is 46.0 Å². The molecule has 0 amide bonds. The predicted octanol–water partition coefficient (Wildman–Crippen LogP) is 4.14. The zero-order valence-corrected chi connectivity index (χ0v) is 41.1. The molecule has 370 valence electrons. The Morgan fingerprint density at radius 1 is 1.09 bits per heavy atom. The van der Waals surface area contributed by atoms with Crippen LogP contribution in [-0.2, 0) is 55.7 Å². The van der Waals surface area contributed by atoms with E-state index in [-0.39, 0.29) is 44.0 Å². The van der Waals surface area contributed by atoms with E-state index in [2.05, 4.69) is 22.9 Å². The molecule has 15 atom stereocenters. The van der Waals surface area contributed by atoms with Crippen molar-refractivity contribution in [2.45, 2.75) is 174 Å². The number of unbranched alkanes of at least 4 members (excludes halogenated alkanes) is 1. The van der Waals surface area contributed by atoms with E-state index in [1.165, 1.54) is 14.2 Å². The standard InChI is InChI=1S/C46H82N4O13S/c1-12-37(35(24-29(3)20-23-64)28-60-46-44(58-11)43(57-10)40(55)33(7)61-46)62-38(54)18-17-31(5)42(63-45(59-13-2)41(56)39(32(6)53)49(8)9)34(25-30(4)27-52)19-21-50-26-36(47-48-50)16-14-15-22-51/h20,23-24,26-27,30-35,37,39-46,51,53,55-56,64H,12-19,21-22,25,28H2,1-11H3/b23-20+,29-24+/t30-,31+,32-,33?,34+,35-,37-,39?,40?,41?,42-,43?,44?,45+,46?/m1/s1. The van der Waals surface area contributed by atoms with Gasteiger partial charge in [-0.2, -0.15) is 12.6 Å². The van der Waals surface area contributed by atoms with Crippen molar-refractivity contribution in [1.82, 2.24) is 19.9 Å². The van der Waals surface area contributed by atoms with Crippen molar-refractivity contribution in [1.29, 1.82) is 0 Å². The molecule has 0 aliphatic carbocycles. The Bertz CT molecular complexity index is 1490. The highest BCUT2D eigenvalue weighted by Crippen LogP contribution is 2.33. The van der Waals surface area contributed by atoms with Gasteiger partial charge in [0.2, 0.25) is 0 Å². The van der Waals surface area contributed by atoms with Gasteiger partial charge in [-0.1, -0.05) is 43.7 Å². The number of aromatic nitrogens is 3. The highest BCUT2D eigenvalue weighted by Gasteiger charge is 2.45. The lowest BCUT2D eigenvalue weighted by molar-refractivity contribution is -0.304. The van der Waals surface area contributed by atoms with Crippen LogP contribution in [0.5, 0.6) is 0 Å². The van der Waals surface area contributed by atoms with Gasteiger partial charge in [0.05, 0.1) is 36.7 Å². The summed E-state index contributed by atoms with van der Waals surface area (Å²) in [4.78, 5) is 27.7. The third-order valence-corrected chi connectivity index (χ3v) is 12.1. The Kier molecular flexibility index (Phi) is 27.9. The summed E-state index contributed by atoms with van der Waals surface area (Å²) >= 11 is 4.24. The Hall–Kier alpha value is -2.33. The van der Waals surface area contributed by atoms with Crippen LogP contribution in [0.2, 0.25) is 0 Å². The van der Waals surface area contributed by atoms with Crippen molar-refractivity contribution in [2.24, 2.45) is 23.7 Å². The first kappa shape index (κ1) is 57.8. The Labute approximate surface area is 387 Å². The summed E-state index contributed by atoms with van der Waals surface area (Å²) in [6.07, 6.45) is 2.32. The molecule has 1 aliphatic heterocycles. The van der Waals surface area contributed by atoms with Crippen LogP contribution in [0.3, 0.4) is 0 Å². The maximum absolute atomic E-state index is 13.9. The number of allylic oxidation sites excluding steroid dienone is 2. The average molecular weight is 931 g/mol. The van der Waals surface area contributed by atoms with Gasteiger partial charge in [-0.3, -0.25) is 9.48 Å². The van der Waals surface area contributed by atoms with Gasteiger partial charge in [-0.25, -0.2) is 0 Å². The first-order valence-corrected chi connectivity index (χ1v) is 23.5. The largest absolute Gasteiger partial charge is 0.462 e. The normalized spacial score (nSPS) is 24.5. The van der Waals surface area contributed by atoms with Crippen LogP contribution in [-0.4, -0.2) is 168 Å². The third kappa shape index (κ3) is 18.7. The summed E-state index contributed by atoms with van der Waals surface area (Å²) in [5, 5.41) is 52.6. The van der Waals surface area contributed by atoms with E-state index in [9.17, 15) is 30.0 Å². The lowest BCUT2D eigenvalue weighted by atomic mass is 9.81. The summed E-state index contributed by atoms with van der Waals surface area (Å²) in [7, 11) is 6.52. The smallest absolute Gasteiger partial charge is 0.306 e. The number of hydrogen-bond donors (Lipinski definition) is 5. The maximum Gasteiger partial charge on any atom is 0.306 e. The van der Waals surface area contributed by atoms with Crippen LogP contribution in [0, 0.1) is 23.7 Å². The zero-order chi connectivity index (χ0) is 47.9. The number of aldehydes is 1. The molecule has 0 saturated carbocycles. The van der Waals surface area contributed by atoms with E-state index < -0.39 is 79.3 Å². The topological polar surface area (TPSA) is 214 Å². The number of methoxy groups -OCH3 is 2. The molecule has 1 fully saturated rings. The molecular weight excluding hydrogens is 849 g/mol. The second-order valence-corrected chi connectivity index (χ2v) is 17.7. The number of thiol groups is 1. The number of hydrogen-bond acceptors (Lipinski definition) is 17. The molecular formula is C46H82N4O13S. The molecule has 0 bridgehead atoms. The molecule has 2 heterocycles. The van der Waals surface area contributed by atoms with Crippen LogP contribution in [0.1, 0.15) is 99.1 Å². The van der Waals surface area contributed by atoms with Gasteiger partial charge in [0.25, 0.3) is 0 Å². The molecule has 4 N–H and O–H groups in total. The van der Waals surface area contributed by atoms with Crippen molar-refractivity contribution in [3.63, 3.8) is 0 Å². The summed E-state index contributed by atoms with van der Waals surface area (Å²) in [6.45, 7) is 13.7. The van der Waals surface area contributed by atoms with Gasteiger partial charge in [0, 0.05) is 58.4 Å². The molecule has 0 radical (unpaired) electrons. The van der Waals surface area contributed by atoms with Gasteiger partial charge in [-0.05, 0) is 104 Å². The van der Waals surface area contributed by atoms with Crippen LogP contribution in [0.4, 0.5) is 0 Å². The van der Waals surface area contributed by atoms with Gasteiger partial charge in [-0.15, -0.1) is 5.10 Å². The molecule has 1 aromatic rings. The molecule has 64 heavy (non-hydrogen) atoms. The molecule has 1 aromatic heterocycles. The first-order valence-electron chi connectivity index (χ1n) is 22.9. The number of likely N-dealkylation sites (N-methyl/N-ethyl adjacent to an activating group) is 1. The zero-order valence-electron chi connectivity index (χ0n) is 40.2. The van der Waals surface area contributed by atoms with Crippen LogP contribution in [0.15, 0.2) is 29.3 Å². The van der Waals surface area contributed by atoms with Crippen LogP contribution in [0.25, 0.3) is 0 Å². The number of aliphatic hydroxyl groups is 4. The summed E-state index contributed by atoms with van der Waals surface area (Å²) < 4.78 is 44.4. The molecule has 7 unspecified atom stereocenters. The second-order valence-electron chi connectivity index (χ2n) is 17.4. The van der Waals surface area contributed by atoms with Crippen LogP contribution >= 0.6 is 12.6 Å². The quantitative estimate of drug-likeness (QED) is 0.0167. The number of nitrogens with zero attached hydrogens (tertiary/aromatic N) is 4. The number of rotatable bonds is 33. The van der Waals surface area contributed by atoms with Crippen molar-refractivity contribution in [3.05, 3.63) is 35.0 Å². The fraction of sp³-hybridized carbons (Fsp3) is 0.826. The molecule has 17 nitrogen and oxygen atoms in total. The van der Waals surface area contributed by atoms with Crippen molar-refractivity contribution in [3.8, 4) is 0 Å². The minimum absolute atomic E-state index is 0.0405. The predicted molar refractivity (Wildman–Crippen MR) is 245 cm³/mol. The van der Waals surface area contributed by atoms with Gasteiger partial charge in [0.15, 0.2) is 12.6 Å². The Balaban J connectivity index is 2.43. The first-order chi connectivity index (χ1) is 30.5. The monoisotopic (exact) mass is 931 g/mol. The average Bonchev–Trinajstić information content (AvgIpc) is 3.71. The van der Waals surface area contributed by atoms with E-state index in [0.717, 1.165) is 24.0 Å². The fourth-order valence-electron chi connectivity index (χ4n) is 8.49. The Morgan fingerprint density at radius 2 is 1.80 bits per heavy atom. The minimum Gasteiger partial charge on any atom is -0.462 e. The van der Waals surface area contributed by atoms with Crippen molar-refractivity contribution < 1.29 is 63.2 Å². The van der Waals surface area contributed by atoms with Crippen LogP contribution < -0.4 is 0 Å². The number of carbonyl (C=O) groups is 2. The lowest BCUT2D eigenvalue weighted by Crippen LogP contribution is -2.59. The van der Waals surface area contributed by atoms with E-state index >= 15 is 0 Å².